The maximum absolute atomic E-state index is 9.70. The predicted molar refractivity (Wildman–Crippen MR) is 133 cm³/mol. The van der Waals surface area contributed by atoms with E-state index in [1.54, 1.807) is 6.07 Å². The fourth-order valence-corrected chi connectivity index (χ4v) is 5.56. The van der Waals surface area contributed by atoms with Crippen LogP contribution in [-0.2, 0) is 0 Å². The molecule has 3 aromatic rings. The van der Waals surface area contributed by atoms with Crippen LogP contribution >= 0.6 is 11.6 Å². The van der Waals surface area contributed by atoms with Crippen molar-refractivity contribution in [3.63, 3.8) is 0 Å². The van der Waals surface area contributed by atoms with Gasteiger partial charge in [0.25, 0.3) is 0 Å². The third-order valence-corrected chi connectivity index (χ3v) is 7.60. The minimum Gasteiger partial charge on any atom is -0.370 e. The molecule has 1 aliphatic carbocycles. The number of halogens is 1. The normalized spacial score (nSPS) is 19.3. The van der Waals surface area contributed by atoms with Crippen LogP contribution in [-0.4, -0.2) is 63.8 Å². The first-order valence-corrected chi connectivity index (χ1v) is 12.2. The molecule has 0 radical (unpaired) electrons. The summed E-state index contributed by atoms with van der Waals surface area (Å²) in [4.78, 5) is 13.6. The minimum absolute atomic E-state index is 0.271. The van der Waals surface area contributed by atoms with Gasteiger partial charge >= 0.3 is 0 Å². The maximum Gasteiger partial charge on any atom is 0.247 e. The number of fused-ring (bicyclic) bond motifs is 1. The molecule has 0 unspecified atom stereocenters. The van der Waals surface area contributed by atoms with Crippen LogP contribution in [0.3, 0.4) is 0 Å². The highest BCUT2D eigenvalue weighted by atomic mass is 35.5. The van der Waals surface area contributed by atoms with E-state index < -0.39 is 0 Å². The molecule has 3 aliphatic rings. The van der Waals surface area contributed by atoms with Crippen molar-refractivity contribution < 1.29 is 0 Å². The zero-order valence-corrected chi connectivity index (χ0v) is 20.2. The summed E-state index contributed by atoms with van der Waals surface area (Å²) in [6.07, 6.45) is 5.84. The van der Waals surface area contributed by atoms with Gasteiger partial charge in [0.2, 0.25) is 5.95 Å². The SMILES string of the molecule is CN1CC2(CCN(c3cc(C#N)cc(Nc4nc(NC5CC5)c5ncc(C#N)n5n4)c3Cl)CC2)C1. The van der Waals surface area contributed by atoms with Crippen LogP contribution in [0.1, 0.15) is 36.9 Å². The lowest BCUT2D eigenvalue weighted by Gasteiger charge is -2.53. The average Bonchev–Trinajstić information content (AvgIpc) is 3.56. The lowest BCUT2D eigenvalue weighted by atomic mass is 9.72. The first kappa shape index (κ1) is 21.9. The lowest BCUT2D eigenvalue weighted by molar-refractivity contribution is 0.00132. The van der Waals surface area contributed by atoms with Gasteiger partial charge in [-0.05, 0) is 50.3 Å². The second-order valence-electron chi connectivity index (χ2n) is 9.95. The molecular weight excluding hydrogens is 464 g/mol. The Balaban J connectivity index is 1.32. The number of hydrogen-bond donors (Lipinski definition) is 2. The van der Waals surface area contributed by atoms with Gasteiger partial charge in [-0.2, -0.15) is 20.0 Å². The number of nitrogens with one attached hydrogen (secondary N) is 2. The Hall–Kier alpha value is -3.60. The Labute approximate surface area is 208 Å². The number of likely N-dealkylation sites (tertiary alicyclic amines) is 1. The molecule has 3 fully saturated rings. The molecule has 10 nitrogen and oxygen atoms in total. The van der Waals surface area contributed by atoms with Crippen molar-refractivity contribution in [2.45, 2.75) is 31.7 Å². The van der Waals surface area contributed by atoms with E-state index in [2.05, 4.69) is 54.7 Å². The van der Waals surface area contributed by atoms with E-state index in [4.69, 9.17) is 11.6 Å². The molecule has 0 atom stereocenters. The van der Waals surface area contributed by atoms with E-state index in [0.29, 0.717) is 44.9 Å². The molecule has 178 valence electrons. The number of anilines is 4. The van der Waals surface area contributed by atoms with Crippen molar-refractivity contribution in [3.05, 3.63) is 34.6 Å². The molecule has 4 heterocycles. The summed E-state index contributed by atoms with van der Waals surface area (Å²) in [6, 6.07) is 8.27. The fourth-order valence-electron chi connectivity index (χ4n) is 5.28. The third kappa shape index (κ3) is 3.99. The summed E-state index contributed by atoms with van der Waals surface area (Å²) in [5.74, 6) is 0.833. The van der Waals surface area contributed by atoms with Crippen LogP contribution in [0.4, 0.5) is 23.1 Å². The molecule has 2 saturated heterocycles. The zero-order valence-electron chi connectivity index (χ0n) is 19.4. The number of nitrogens with zero attached hydrogens (tertiary/aromatic N) is 8. The Morgan fingerprint density at radius 3 is 2.57 bits per heavy atom. The summed E-state index contributed by atoms with van der Waals surface area (Å²) in [5.41, 5.74) is 3.14. The molecule has 11 heteroatoms. The summed E-state index contributed by atoms with van der Waals surface area (Å²) >= 11 is 6.89. The maximum atomic E-state index is 9.70. The van der Waals surface area contributed by atoms with Crippen molar-refractivity contribution in [3.8, 4) is 12.1 Å². The second kappa shape index (κ2) is 8.26. The first-order valence-electron chi connectivity index (χ1n) is 11.8. The molecule has 35 heavy (non-hydrogen) atoms. The predicted octanol–water partition coefficient (Wildman–Crippen LogP) is 3.37. The van der Waals surface area contributed by atoms with Gasteiger partial charge in [0.1, 0.15) is 6.07 Å². The molecule has 2 N–H and O–H groups in total. The highest BCUT2D eigenvalue weighted by Crippen LogP contribution is 2.43. The molecule has 1 spiro atoms. The van der Waals surface area contributed by atoms with E-state index in [0.717, 1.165) is 57.5 Å². The van der Waals surface area contributed by atoms with Crippen molar-refractivity contribution in [2.24, 2.45) is 5.41 Å². The summed E-state index contributed by atoms with van der Waals surface area (Å²) in [5, 5.41) is 30.8. The van der Waals surface area contributed by atoms with Crippen molar-refractivity contribution in [2.75, 3.05) is 48.8 Å². The monoisotopic (exact) mass is 488 g/mol. The molecule has 6 rings (SSSR count). The minimum atomic E-state index is 0.271. The number of rotatable bonds is 5. The summed E-state index contributed by atoms with van der Waals surface area (Å²) < 4.78 is 1.47. The molecule has 1 saturated carbocycles. The van der Waals surface area contributed by atoms with Gasteiger partial charge < -0.3 is 20.4 Å². The number of aromatic nitrogens is 4. The van der Waals surface area contributed by atoms with E-state index in [-0.39, 0.29) is 5.95 Å². The lowest BCUT2D eigenvalue weighted by Crippen LogP contribution is -2.58. The van der Waals surface area contributed by atoms with Crippen LogP contribution in [0, 0.1) is 28.1 Å². The molecule has 0 bridgehead atoms. The Bertz CT molecular complexity index is 1380. The number of benzene rings is 1. The molecule has 2 aromatic heterocycles. The van der Waals surface area contributed by atoms with Crippen molar-refractivity contribution in [1.82, 2.24) is 24.5 Å². The molecule has 2 aliphatic heterocycles. The highest BCUT2D eigenvalue weighted by Gasteiger charge is 2.43. The van der Waals surface area contributed by atoms with Gasteiger partial charge in [-0.3, -0.25) is 0 Å². The van der Waals surface area contributed by atoms with Gasteiger partial charge in [-0.25, -0.2) is 4.98 Å². The Morgan fingerprint density at radius 1 is 1.14 bits per heavy atom. The van der Waals surface area contributed by atoms with E-state index in [1.165, 1.54) is 10.7 Å². The number of imidazole rings is 1. The zero-order chi connectivity index (χ0) is 24.2. The van der Waals surface area contributed by atoms with Crippen LogP contribution in [0.5, 0.6) is 0 Å². The first-order chi connectivity index (χ1) is 17.0. The number of piperidine rings is 1. The number of hydrogen-bond acceptors (Lipinski definition) is 9. The van der Waals surface area contributed by atoms with Crippen LogP contribution in [0.2, 0.25) is 5.02 Å². The molecule has 0 amide bonds. The summed E-state index contributed by atoms with van der Waals surface area (Å²) in [7, 11) is 2.16. The van der Waals surface area contributed by atoms with Crippen LogP contribution < -0.4 is 15.5 Å². The molecular formula is C24H25ClN10. The van der Waals surface area contributed by atoms with Gasteiger partial charge in [0, 0.05) is 32.2 Å². The highest BCUT2D eigenvalue weighted by molar-refractivity contribution is 6.36. The smallest absolute Gasteiger partial charge is 0.247 e. The average molecular weight is 489 g/mol. The summed E-state index contributed by atoms with van der Waals surface area (Å²) in [6.45, 7) is 4.10. The fraction of sp³-hybridized carbons (Fsp3) is 0.458. The molecule has 1 aromatic carbocycles. The van der Waals surface area contributed by atoms with Gasteiger partial charge in [-0.15, -0.1) is 5.10 Å². The number of nitriles is 2. The van der Waals surface area contributed by atoms with E-state index in [9.17, 15) is 10.5 Å². The Kier molecular flexibility index (Phi) is 5.17. The van der Waals surface area contributed by atoms with Crippen molar-refractivity contribution in [1.29, 1.82) is 10.5 Å². The largest absolute Gasteiger partial charge is 0.370 e. The van der Waals surface area contributed by atoms with Gasteiger partial charge in [0.15, 0.2) is 17.2 Å². The van der Waals surface area contributed by atoms with E-state index in [1.807, 2.05) is 6.07 Å². The van der Waals surface area contributed by atoms with Crippen LogP contribution in [0.25, 0.3) is 5.65 Å². The quantitative estimate of drug-likeness (QED) is 0.556. The van der Waals surface area contributed by atoms with E-state index >= 15 is 0 Å². The topological polar surface area (TPSA) is 121 Å². The van der Waals surface area contributed by atoms with Crippen molar-refractivity contribution >= 4 is 40.4 Å². The second-order valence-corrected chi connectivity index (χ2v) is 10.3. The van der Waals surface area contributed by atoms with Gasteiger partial charge in [-0.1, -0.05) is 11.6 Å². The van der Waals surface area contributed by atoms with Crippen LogP contribution in [0.15, 0.2) is 18.3 Å². The Morgan fingerprint density at radius 2 is 1.91 bits per heavy atom. The van der Waals surface area contributed by atoms with Gasteiger partial charge in [0.05, 0.1) is 34.2 Å². The third-order valence-electron chi connectivity index (χ3n) is 7.20. The standard InChI is InChI=1S/C24H25ClN10/c1-33-13-24(14-33)4-6-34(7-5-24)19-9-15(10-26)8-18(20(19)25)30-23-31-21(29-16-2-3-16)22-28-12-17(11-27)35(22)32-23/h8-9,12,16H,2-7,13-14H2,1H3,(H2,29,30,31,32).